The molecule has 166 valence electrons. The van der Waals surface area contributed by atoms with E-state index in [4.69, 9.17) is 4.74 Å². The number of benzene rings is 1. The van der Waals surface area contributed by atoms with Crippen LogP contribution in [0.2, 0.25) is 0 Å². The highest BCUT2D eigenvalue weighted by molar-refractivity contribution is 7.99. The van der Waals surface area contributed by atoms with Crippen molar-refractivity contribution in [3.8, 4) is 5.75 Å². The number of hydrogen-bond donors (Lipinski definition) is 1. The van der Waals surface area contributed by atoms with Crippen molar-refractivity contribution in [1.82, 2.24) is 0 Å². The van der Waals surface area contributed by atoms with Crippen molar-refractivity contribution in [3.63, 3.8) is 0 Å². The van der Waals surface area contributed by atoms with Gasteiger partial charge in [0.05, 0.1) is 0 Å². The first kappa shape index (κ1) is 25.9. The number of unbranched alkanes of at least 4 members (excludes halogenated alkanes) is 5. The Hall–Kier alpha value is -1.16. The maximum Gasteiger partial charge on any atom is 0.341 e. The average Bonchev–Trinajstić information content (AvgIpc) is 2.61. The van der Waals surface area contributed by atoms with Crippen LogP contribution in [0, 0.1) is 0 Å². The maximum atomic E-state index is 12.7. The number of phenols is 1. The highest BCUT2D eigenvalue weighted by Crippen LogP contribution is 2.37. The van der Waals surface area contributed by atoms with Gasteiger partial charge in [0.25, 0.3) is 0 Å². The monoisotopic (exact) mass is 422 g/mol. The van der Waals surface area contributed by atoms with E-state index in [9.17, 15) is 9.90 Å². The minimum atomic E-state index is -0.431. The first-order chi connectivity index (χ1) is 13.5. The van der Waals surface area contributed by atoms with E-state index in [-0.39, 0.29) is 22.1 Å². The van der Waals surface area contributed by atoms with Gasteiger partial charge in [0.2, 0.25) is 0 Å². The van der Waals surface area contributed by atoms with Crippen LogP contribution >= 0.6 is 11.8 Å². The number of aromatic hydroxyl groups is 1. The van der Waals surface area contributed by atoms with E-state index >= 15 is 0 Å². The van der Waals surface area contributed by atoms with Crippen LogP contribution in [0.5, 0.6) is 5.75 Å². The van der Waals surface area contributed by atoms with Crippen LogP contribution in [0.4, 0.5) is 0 Å². The van der Waals surface area contributed by atoms with Crippen molar-refractivity contribution in [3.05, 3.63) is 28.8 Å². The van der Waals surface area contributed by atoms with Gasteiger partial charge >= 0.3 is 5.97 Å². The minimum Gasteiger partial charge on any atom is -0.507 e. The molecular weight excluding hydrogens is 380 g/mol. The summed E-state index contributed by atoms with van der Waals surface area (Å²) >= 11 is 1.83. The smallest absolute Gasteiger partial charge is 0.341 e. The third kappa shape index (κ3) is 9.02. The highest BCUT2D eigenvalue weighted by atomic mass is 32.2. The summed E-state index contributed by atoms with van der Waals surface area (Å²) in [5, 5.41) is 10.7. The van der Waals surface area contributed by atoms with Crippen LogP contribution in [0.15, 0.2) is 12.1 Å². The largest absolute Gasteiger partial charge is 0.507 e. The van der Waals surface area contributed by atoms with E-state index < -0.39 is 5.97 Å². The molecule has 0 aliphatic rings. The van der Waals surface area contributed by atoms with Crippen molar-refractivity contribution < 1.29 is 14.6 Å². The van der Waals surface area contributed by atoms with Gasteiger partial charge in [-0.3, -0.25) is 0 Å². The predicted molar refractivity (Wildman–Crippen MR) is 126 cm³/mol. The third-order valence-electron chi connectivity index (χ3n) is 5.11. The summed E-state index contributed by atoms with van der Waals surface area (Å²) < 4.78 is 5.48. The van der Waals surface area contributed by atoms with Crippen LogP contribution in [0.1, 0.15) is 108 Å². The quantitative estimate of drug-likeness (QED) is 0.301. The summed E-state index contributed by atoms with van der Waals surface area (Å²) in [4.78, 5) is 12.7. The Morgan fingerprint density at radius 1 is 0.931 bits per heavy atom. The second-order valence-electron chi connectivity index (χ2n) is 9.94. The number of hydrogen-bond acceptors (Lipinski definition) is 4. The average molecular weight is 423 g/mol. The van der Waals surface area contributed by atoms with Crippen molar-refractivity contribution in [1.29, 1.82) is 0 Å². The highest BCUT2D eigenvalue weighted by Gasteiger charge is 2.27. The van der Waals surface area contributed by atoms with Crippen molar-refractivity contribution >= 4 is 17.7 Å². The fraction of sp³-hybridized carbons (Fsp3) is 0.720. The van der Waals surface area contributed by atoms with Crippen molar-refractivity contribution in [2.75, 3.05) is 18.1 Å². The summed E-state index contributed by atoms with van der Waals surface area (Å²) in [5.41, 5.74) is 1.73. The van der Waals surface area contributed by atoms with Gasteiger partial charge in [0, 0.05) is 11.3 Å². The Labute approximate surface area is 183 Å². The van der Waals surface area contributed by atoms with Crippen molar-refractivity contribution in [2.24, 2.45) is 0 Å². The lowest BCUT2D eigenvalue weighted by Crippen LogP contribution is -2.19. The second-order valence-corrected chi connectivity index (χ2v) is 11.2. The molecule has 3 nitrogen and oxygen atoms in total. The second kappa shape index (κ2) is 11.9. The van der Waals surface area contributed by atoms with Gasteiger partial charge in [-0.2, -0.15) is 11.8 Å². The molecule has 0 radical (unpaired) electrons. The molecule has 0 fully saturated rings. The van der Waals surface area contributed by atoms with Gasteiger partial charge in [-0.05, 0) is 34.6 Å². The van der Waals surface area contributed by atoms with Gasteiger partial charge in [0.1, 0.15) is 17.9 Å². The number of carbonyl (C=O) groups is 1. The summed E-state index contributed by atoms with van der Waals surface area (Å²) in [6, 6.07) is 3.80. The van der Waals surface area contributed by atoms with E-state index in [1.165, 1.54) is 38.5 Å². The van der Waals surface area contributed by atoms with Crippen LogP contribution in [0.3, 0.4) is 0 Å². The molecule has 0 saturated heterocycles. The fourth-order valence-electron chi connectivity index (χ4n) is 3.15. The van der Waals surface area contributed by atoms with E-state index in [1.807, 2.05) is 38.6 Å². The van der Waals surface area contributed by atoms with E-state index in [2.05, 4.69) is 27.7 Å². The molecule has 4 heteroatoms. The number of thioether (sulfide) groups is 1. The number of phenolic OH excluding ortho intramolecular Hbond substituents is 1. The molecular formula is C25H42O3S. The number of carbonyl (C=O) groups excluding carboxylic acids is 1. The molecule has 1 aromatic carbocycles. The first-order valence-electron chi connectivity index (χ1n) is 11.1. The van der Waals surface area contributed by atoms with Crippen LogP contribution in [-0.2, 0) is 15.6 Å². The molecule has 0 aromatic heterocycles. The van der Waals surface area contributed by atoms with Crippen molar-refractivity contribution in [2.45, 2.75) is 97.8 Å². The Kier molecular flexibility index (Phi) is 10.6. The topological polar surface area (TPSA) is 46.5 Å². The SMILES string of the molecule is CCCCCCCCSCCOC(=O)c1cc(C(C)(C)C)cc(C(C)(C)C)c1O. The summed E-state index contributed by atoms with van der Waals surface area (Å²) in [7, 11) is 0. The molecule has 1 N–H and O–H groups in total. The molecule has 0 amide bonds. The Morgan fingerprint density at radius 2 is 1.55 bits per heavy atom. The molecule has 1 rings (SSSR count). The number of ether oxygens (including phenoxy) is 1. The molecule has 0 aliphatic carbocycles. The van der Waals surface area contributed by atoms with Gasteiger partial charge in [-0.25, -0.2) is 4.79 Å². The molecule has 0 atom stereocenters. The zero-order valence-corrected chi connectivity index (χ0v) is 20.5. The van der Waals surface area contributed by atoms with E-state index in [1.54, 1.807) is 6.07 Å². The summed E-state index contributed by atoms with van der Waals surface area (Å²) in [6.07, 6.45) is 7.80. The fourth-order valence-corrected chi connectivity index (χ4v) is 3.97. The zero-order chi connectivity index (χ0) is 22.1. The van der Waals surface area contributed by atoms with Crippen LogP contribution < -0.4 is 0 Å². The summed E-state index contributed by atoms with van der Waals surface area (Å²) in [5.74, 6) is 1.53. The molecule has 0 unspecified atom stereocenters. The third-order valence-corrected chi connectivity index (χ3v) is 6.14. The van der Waals surface area contributed by atoms with Gasteiger partial charge < -0.3 is 9.84 Å². The standard InChI is InChI=1S/C25H42O3S/c1-8-9-10-11-12-13-15-29-16-14-28-23(27)20-17-19(24(2,3)4)18-21(22(20)26)25(5,6)7/h17-18,26H,8-16H2,1-7H3. The van der Waals surface area contributed by atoms with Crippen LogP contribution in [0.25, 0.3) is 0 Å². The molecule has 0 heterocycles. The normalized spacial score (nSPS) is 12.2. The molecule has 29 heavy (non-hydrogen) atoms. The number of rotatable bonds is 11. The van der Waals surface area contributed by atoms with Crippen LogP contribution in [-0.4, -0.2) is 29.2 Å². The minimum absolute atomic E-state index is 0.0511. The van der Waals surface area contributed by atoms with Gasteiger partial charge in [-0.1, -0.05) is 86.6 Å². The van der Waals surface area contributed by atoms with Gasteiger partial charge in [0.15, 0.2) is 0 Å². The molecule has 0 spiro atoms. The molecule has 0 saturated carbocycles. The number of esters is 1. The van der Waals surface area contributed by atoms with E-state index in [0.29, 0.717) is 6.61 Å². The Morgan fingerprint density at radius 3 is 2.14 bits per heavy atom. The molecule has 0 aliphatic heterocycles. The lowest BCUT2D eigenvalue weighted by molar-refractivity contribution is 0.0526. The Bertz CT molecular complexity index is 639. The maximum absolute atomic E-state index is 12.7. The molecule has 0 bridgehead atoms. The predicted octanol–water partition coefficient (Wildman–Crippen LogP) is 7.24. The zero-order valence-electron chi connectivity index (χ0n) is 19.7. The Balaban J connectivity index is 2.61. The lowest BCUT2D eigenvalue weighted by atomic mass is 9.79. The van der Waals surface area contributed by atoms with Gasteiger partial charge in [-0.15, -0.1) is 0 Å². The van der Waals surface area contributed by atoms with E-state index in [0.717, 1.165) is 22.6 Å². The summed E-state index contributed by atoms with van der Waals surface area (Å²) in [6.45, 7) is 15.1. The molecule has 1 aromatic rings. The first-order valence-corrected chi connectivity index (χ1v) is 12.3. The lowest BCUT2D eigenvalue weighted by Gasteiger charge is -2.27.